The van der Waals surface area contributed by atoms with E-state index >= 15 is 0 Å². The molecule has 0 unspecified atom stereocenters. The lowest BCUT2D eigenvalue weighted by Crippen LogP contribution is -2.37. The minimum atomic E-state index is -0.100. The first kappa shape index (κ1) is 16.1. The topological polar surface area (TPSA) is 71.6 Å². The Morgan fingerprint density at radius 3 is 2.79 bits per heavy atom. The summed E-state index contributed by atoms with van der Waals surface area (Å²) in [6.07, 6.45) is 2.67. The highest BCUT2D eigenvalue weighted by molar-refractivity contribution is 5.80. The lowest BCUT2D eigenvalue weighted by atomic mass is 10.0. The molecule has 0 saturated carbocycles. The fraction of sp³-hybridized carbons (Fsp3) is 0.333. The Morgan fingerprint density at radius 1 is 1.21 bits per heavy atom. The number of hydrogen-bond donors (Lipinski definition) is 1. The summed E-state index contributed by atoms with van der Waals surface area (Å²) in [4.78, 5) is 28.5. The minimum Gasteiger partial charge on any atom is -0.497 e. The summed E-state index contributed by atoms with van der Waals surface area (Å²) in [5, 5.41) is 0. The molecular weight excluding hydrogens is 308 g/mol. The lowest BCUT2D eigenvalue weighted by molar-refractivity contribution is -0.131. The van der Waals surface area contributed by atoms with E-state index in [1.807, 2.05) is 17.0 Å². The van der Waals surface area contributed by atoms with Crippen LogP contribution < -0.4 is 15.0 Å². The second-order valence-electron chi connectivity index (χ2n) is 5.77. The van der Waals surface area contributed by atoms with Gasteiger partial charge in [-0.2, -0.15) is 0 Å². The molecule has 126 valence electrons. The molecule has 0 radical (unpaired) electrons. The van der Waals surface area contributed by atoms with Gasteiger partial charge in [-0.3, -0.25) is 9.59 Å². The first-order valence-corrected chi connectivity index (χ1v) is 7.80. The van der Waals surface area contributed by atoms with Crippen LogP contribution in [0, 0.1) is 0 Å². The van der Waals surface area contributed by atoms with Crippen molar-refractivity contribution in [2.24, 2.45) is 0 Å². The standard InChI is InChI=1S/C18H20N2O4/c1-23-15-4-3-13(16(9-15)24-2)8-18(22)20-6-5-12-7-17(21)19-10-14(12)11-20/h3-4,7,9-10H,5-6,8,11H2,1-2H3,(H,19,21). The minimum absolute atomic E-state index is 0.0373. The second-order valence-corrected chi connectivity index (χ2v) is 5.77. The molecular formula is C18H20N2O4. The highest BCUT2D eigenvalue weighted by Gasteiger charge is 2.22. The molecule has 1 aliphatic rings. The maximum atomic E-state index is 12.6. The number of rotatable bonds is 4. The van der Waals surface area contributed by atoms with Gasteiger partial charge in [0.05, 0.1) is 20.6 Å². The first-order chi connectivity index (χ1) is 11.6. The highest BCUT2D eigenvalue weighted by atomic mass is 16.5. The summed E-state index contributed by atoms with van der Waals surface area (Å²) in [5.41, 5.74) is 2.74. The Bertz CT molecular complexity index is 813. The average Bonchev–Trinajstić information content (AvgIpc) is 2.61. The predicted octanol–water partition coefficient (Wildman–Crippen LogP) is 1.52. The van der Waals surface area contributed by atoms with Gasteiger partial charge in [-0.1, -0.05) is 6.07 Å². The molecule has 0 bridgehead atoms. The van der Waals surface area contributed by atoms with E-state index in [1.165, 1.54) is 0 Å². The molecule has 6 heteroatoms. The smallest absolute Gasteiger partial charge is 0.248 e. The summed E-state index contributed by atoms with van der Waals surface area (Å²) in [6, 6.07) is 7.06. The van der Waals surface area contributed by atoms with Crippen molar-refractivity contribution in [2.45, 2.75) is 19.4 Å². The van der Waals surface area contributed by atoms with E-state index in [2.05, 4.69) is 4.98 Å². The van der Waals surface area contributed by atoms with Crippen molar-refractivity contribution in [2.75, 3.05) is 20.8 Å². The van der Waals surface area contributed by atoms with Crippen molar-refractivity contribution in [3.8, 4) is 11.5 Å². The number of benzene rings is 1. The largest absolute Gasteiger partial charge is 0.497 e. The van der Waals surface area contributed by atoms with Gasteiger partial charge in [-0.15, -0.1) is 0 Å². The Hall–Kier alpha value is -2.76. The number of amides is 1. The molecule has 2 heterocycles. The van der Waals surface area contributed by atoms with Gasteiger partial charge in [0.2, 0.25) is 11.5 Å². The van der Waals surface area contributed by atoms with E-state index in [0.29, 0.717) is 31.0 Å². The van der Waals surface area contributed by atoms with Gasteiger partial charge < -0.3 is 19.4 Å². The molecule has 3 rings (SSSR count). The van der Waals surface area contributed by atoms with E-state index in [-0.39, 0.29) is 17.9 Å². The van der Waals surface area contributed by atoms with Crippen LogP contribution in [0.3, 0.4) is 0 Å². The fourth-order valence-electron chi connectivity index (χ4n) is 2.95. The molecule has 24 heavy (non-hydrogen) atoms. The van der Waals surface area contributed by atoms with Crippen LogP contribution >= 0.6 is 0 Å². The predicted molar refractivity (Wildman–Crippen MR) is 89.4 cm³/mol. The molecule has 0 saturated heterocycles. The van der Waals surface area contributed by atoms with E-state index in [9.17, 15) is 9.59 Å². The van der Waals surface area contributed by atoms with Crippen LogP contribution in [0.25, 0.3) is 0 Å². The van der Waals surface area contributed by atoms with E-state index in [4.69, 9.17) is 9.47 Å². The molecule has 6 nitrogen and oxygen atoms in total. The number of ether oxygens (including phenoxy) is 2. The number of carbonyl (C=O) groups excluding carboxylic acids is 1. The Morgan fingerprint density at radius 2 is 2.04 bits per heavy atom. The van der Waals surface area contributed by atoms with Crippen molar-refractivity contribution >= 4 is 5.91 Å². The van der Waals surface area contributed by atoms with E-state index in [0.717, 1.165) is 16.7 Å². The molecule has 0 atom stereocenters. The Balaban J connectivity index is 1.74. The lowest BCUT2D eigenvalue weighted by Gasteiger charge is -2.28. The second kappa shape index (κ2) is 6.78. The van der Waals surface area contributed by atoms with Crippen molar-refractivity contribution in [1.29, 1.82) is 0 Å². The molecule has 0 spiro atoms. The number of H-pyrrole nitrogens is 1. The quantitative estimate of drug-likeness (QED) is 0.924. The molecule has 0 fully saturated rings. The number of methoxy groups -OCH3 is 2. The zero-order valence-corrected chi connectivity index (χ0v) is 13.8. The van der Waals surface area contributed by atoms with Gasteiger partial charge in [0.1, 0.15) is 11.5 Å². The number of aromatic amines is 1. The third-order valence-electron chi connectivity index (χ3n) is 4.31. The maximum absolute atomic E-state index is 12.6. The van der Waals surface area contributed by atoms with Crippen LogP contribution in [0.4, 0.5) is 0 Å². The monoisotopic (exact) mass is 328 g/mol. The molecule has 2 aromatic rings. The zero-order chi connectivity index (χ0) is 17.1. The van der Waals surface area contributed by atoms with E-state index in [1.54, 1.807) is 32.5 Å². The van der Waals surface area contributed by atoms with Crippen LogP contribution in [0.1, 0.15) is 16.7 Å². The number of nitrogens with one attached hydrogen (secondary N) is 1. The van der Waals surface area contributed by atoms with Crippen molar-refractivity contribution in [3.05, 3.63) is 57.5 Å². The Labute approximate surface area is 140 Å². The number of fused-ring (bicyclic) bond motifs is 1. The van der Waals surface area contributed by atoms with Crippen LogP contribution in [0.2, 0.25) is 0 Å². The summed E-state index contributed by atoms with van der Waals surface area (Å²) in [7, 11) is 3.17. The number of pyridine rings is 1. The average molecular weight is 328 g/mol. The zero-order valence-electron chi connectivity index (χ0n) is 13.8. The molecule has 1 amide bonds. The van der Waals surface area contributed by atoms with Gasteiger partial charge >= 0.3 is 0 Å². The van der Waals surface area contributed by atoms with E-state index < -0.39 is 0 Å². The van der Waals surface area contributed by atoms with Crippen LogP contribution in [-0.2, 0) is 24.2 Å². The van der Waals surface area contributed by atoms with Crippen molar-refractivity contribution < 1.29 is 14.3 Å². The molecule has 1 aromatic heterocycles. The maximum Gasteiger partial charge on any atom is 0.248 e. The summed E-state index contributed by atoms with van der Waals surface area (Å²) in [5.74, 6) is 1.37. The van der Waals surface area contributed by atoms with Gasteiger partial charge in [0, 0.05) is 37.0 Å². The van der Waals surface area contributed by atoms with Gasteiger partial charge in [-0.25, -0.2) is 0 Å². The van der Waals surface area contributed by atoms with Crippen LogP contribution in [-0.4, -0.2) is 36.6 Å². The van der Waals surface area contributed by atoms with Crippen LogP contribution in [0.15, 0.2) is 35.3 Å². The van der Waals surface area contributed by atoms with Crippen molar-refractivity contribution in [1.82, 2.24) is 9.88 Å². The number of aromatic nitrogens is 1. The number of nitrogens with zero attached hydrogens (tertiary/aromatic N) is 1. The third-order valence-corrected chi connectivity index (χ3v) is 4.31. The third kappa shape index (κ3) is 3.27. The normalized spacial score (nSPS) is 13.3. The Kier molecular flexibility index (Phi) is 4.55. The van der Waals surface area contributed by atoms with Gasteiger partial charge in [0.25, 0.3) is 0 Å². The molecule has 1 aliphatic heterocycles. The number of carbonyl (C=O) groups is 1. The molecule has 0 aliphatic carbocycles. The summed E-state index contributed by atoms with van der Waals surface area (Å²) < 4.78 is 10.5. The van der Waals surface area contributed by atoms with Crippen LogP contribution in [0.5, 0.6) is 11.5 Å². The number of hydrogen-bond acceptors (Lipinski definition) is 4. The van der Waals surface area contributed by atoms with Crippen molar-refractivity contribution in [3.63, 3.8) is 0 Å². The SMILES string of the molecule is COc1ccc(CC(=O)N2CCc3cc(=O)[nH]cc3C2)c(OC)c1. The van der Waals surface area contributed by atoms with Gasteiger partial charge in [-0.05, 0) is 23.6 Å². The van der Waals surface area contributed by atoms with Gasteiger partial charge in [0.15, 0.2) is 0 Å². The summed E-state index contributed by atoms with van der Waals surface area (Å²) in [6.45, 7) is 1.14. The molecule has 1 aromatic carbocycles. The first-order valence-electron chi connectivity index (χ1n) is 7.80. The highest BCUT2D eigenvalue weighted by Crippen LogP contribution is 2.26. The molecule has 1 N–H and O–H groups in total. The summed E-state index contributed by atoms with van der Waals surface area (Å²) >= 11 is 0. The fourth-order valence-corrected chi connectivity index (χ4v) is 2.95.